The van der Waals surface area contributed by atoms with Crippen molar-refractivity contribution in [2.24, 2.45) is 0 Å². The normalized spacial score (nSPS) is 33.7. The number of carbonyl (C=O) groups is 1. The summed E-state index contributed by atoms with van der Waals surface area (Å²) in [5.41, 5.74) is 0. The van der Waals surface area contributed by atoms with Gasteiger partial charge in [-0.05, 0) is 6.92 Å². The molecule has 0 saturated carbocycles. The van der Waals surface area contributed by atoms with Crippen LogP contribution in [0.4, 0.5) is 0 Å². The van der Waals surface area contributed by atoms with Gasteiger partial charge in [0.2, 0.25) is 0 Å². The summed E-state index contributed by atoms with van der Waals surface area (Å²) in [6, 6.07) is -0.00593. The molecular formula is C6H11NO2S. The summed E-state index contributed by atoms with van der Waals surface area (Å²) in [4.78, 5) is 10.4. The van der Waals surface area contributed by atoms with Gasteiger partial charge in [0.05, 0.1) is 0 Å². The summed E-state index contributed by atoms with van der Waals surface area (Å²) in [6.45, 7) is 2.00. The third-order valence-corrected chi connectivity index (χ3v) is 2.74. The zero-order valence-electron chi connectivity index (χ0n) is 5.83. The van der Waals surface area contributed by atoms with Crippen LogP contribution in [0.25, 0.3) is 0 Å². The molecule has 0 aliphatic carbocycles. The second-order valence-corrected chi connectivity index (χ2v) is 3.57. The molecule has 0 radical (unpaired) electrons. The van der Waals surface area contributed by atoms with Crippen LogP contribution in [-0.2, 0) is 4.79 Å². The van der Waals surface area contributed by atoms with Crippen molar-refractivity contribution in [1.29, 1.82) is 0 Å². The molecule has 1 fully saturated rings. The number of carboxylic acids is 1. The molecule has 10 heavy (non-hydrogen) atoms. The molecule has 0 spiro atoms. The van der Waals surface area contributed by atoms with Gasteiger partial charge in [-0.15, -0.1) is 0 Å². The van der Waals surface area contributed by atoms with Crippen LogP contribution in [0, 0.1) is 0 Å². The first-order valence-electron chi connectivity index (χ1n) is 3.26. The summed E-state index contributed by atoms with van der Waals surface area (Å²) in [5.74, 6) is 0.975. The van der Waals surface area contributed by atoms with Crippen molar-refractivity contribution >= 4 is 17.7 Å². The van der Waals surface area contributed by atoms with Gasteiger partial charge in [-0.1, -0.05) is 0 Å². The van der Waals surface area contributed by atoms with E-state index in [4.69, 9.17) is 5.11 Å². The molecule has 1 heterocycles. The predicted octanol–water partition coefficient (Wildman–Crippen LogP) is 0.165. The van der Waals surface area contributed by atoms with Crippen LogP contribution in [0.5, 0.6) is 0 Å². The summed E-state index contributed by atoms with van der Waals surface area (Å²) in [6.07, 6.45) is 0. The topological polar surface area (TPSA) is 49.3 Å². The molecule has 0 aromatic heterocycles. The van der Waals surface area contributed by atoms with Crippen molar-refractivity contribution in [2.45, 2.75) is 19.0 Å². The molecule has 2 N–H and O–H groups in total. The first-order valence-corrected chi connectivity index (χ1v) is 4.42. The fraction of sp³-hybridized carbons (Fsp3) is 0.833. The molecule has 4 heteroatoms. The molecule has 58 valence electrons. The molecule has 3 nitrogen and oxygen atoms in total. The van der Waals surface area contributed by atoms with Gasteiger partial charge in [-0.25, -0.2) is 0 Å². The van der Waals surface area contributed by atoms with Crippen LogP contribution in [0.2, 0.25) is 0 Å². The molecular weight excluding hydrogens is 150 g/mol. The van der Waals surface area contributed by atoms with Crippen molar-refractivity contribution in [3.05, 3.63) is 0 Å². The van der Waals surface area contributed by atoms with E-state index in [2.05, 4.69) is 5.32 Å². The number of hydrogen-bond donors (Lipinski definition) is 2. The Kier molecular flexibility index (Phi) is 2.56. The van der Waals surface area contributed by atoms with Gasteiger partial charge in [0.15, 0.2) is 0 Å². The van der Waals surface area contributed by atoms with E-state index in [0.717, 1.165) is 5.75 Å². The van der Waals surface area contributed by atoms with Crippen LogP contribution in [0.1, 0.15) is 6.92 Å². The molecule has 1 saturated heterocycles. The zero-order valence-corrected chi connectivity index (χ0v) is 6.65. The smallest absolute Gasteiger partial charge is 0.321 e. The highest BCUT2D eigenvalue weighted by atomic mass is 32.2. The van der Waals surface area contributed by atoms with E-state index in [1.807, 2.05) is 6.92 Å². The number of thioether (sulfide) groups is 1. The maximum atomic E-state index is 10.4. The lowest BCUT2D eigenvalue weighted by Crippen LogP contribution is -2.48. The second-order valence-electron chi connectivity index (χ2n) is 2.50. The minimum atomic E-state index is -0.737. The minimum absolute atomic E-state index is 0.333. The van der Waals surface area contributed by atoms with E-state index in [9.17, 15) is 4.79 Å². The second kappa shape index (κ2) is 3.25. The Labute approximate surface area is 64.2 Å². The number of carboxylic acid groups (broad SMARTS) is 1. The number of aliphatic carboxylic acids is 1. The predicted molar refractivity (Wildman–Crippen MR) is 41.3 cm³/mol. The van der Waals surface area contributed by atoms with Crippen LogP contribution in [0.3, 0.4) is 0 Å². The Balaban J connectivity index is 2.39. The summed E-state index contributed by atoms with van der Waals surface area (Å²) in [7, 11) is 0. The molecule has 0 aromatic rings. The van der Waals surface area contributed by atoms with Crippen LogP contribution >= 0.6 is 11.8 Å². The monoisotopic (exact) mass is 161 g/mol. The van der Waals surface area contributed by atoms with Crippen molar-refractivity contribution in [3.63, 3.8) is 0 Å². The van der Waals surface area contributed by atoms with E-state index in [1.54, 1.807) is 11.8 Å². The molecule has 1 aliphatic rings. The van der Waals surface area contributed by atoms with E-state index in [-0.39, 0.29) is 6.04 Å². The molecule has 0 unspecified atom stereocenters. The van der Waals surface area contributed by atoms with Gasteiger partial charge in [0, 0.05) is 17.5 Å². The van der Waals surface area contributed by atoms with Crippen molar-refractivity contribution in [1.82, 2.24) is 5.32 Å². The molecule has 2 atom stereocenters. The zero-order chi connectivity index (χ0) is 7.56. The average Bonchev–Trinajstić information content (AvgIpc) is 1.88. The van der Waals surface area contributed by atoms with Gasteiger partial charge in [0.25, 0.3) is 0 Å². The number of hydrogen-bond acceptors (Lipinski definition) is 3. The lowest BCUT2D eigenvalue weighted by molar-refractivity contribution is -0.139. The van der Waals surface area contributed by atoms with Crippen molar-refractivity contribution in [2.75, 3.05) is 11.5 Å². The van der Waals surface area contributed by atoms with Crippen LogP contribution in [0.15, 0.2) is 0 Å². The number of nitrogens with one attached hydrogen (secondary N) is 1. The Morgan fingerprint density at radius 3 is 2.80 bits per heavy atom. The lowest BCUT2D eigenvalue weighted by Gasteiger charge is -2.24. The van der Waals surface area contributed by atoms with Crippen molar-refractivity contribution < 1.29 is 9.90 Å². The fourth-order valence-electron chi connectivity index (χ4n) is 0.945. The Hall–Kier alpha value is -0.220. The van der Waals surface area contributed by atoms with Crippen LogP contribution in [-0.4, -0.2) is 34.7 Å². The van der Waals surface area contributed by atoms with Gasteiger partial charge in [0.1, 0.15) is 6.04 Å². The molecule has 0 aromatic carbocycles. The van der Waals surface area contributed by atoms with E-state index in [0.29, 0.717) is 11.8 Å². The molecule has 0 bridgehead atoms. The maximum Gasteiger partial charge on any atom is 0.321 e. The standard InChI is InChI=1S/C6H11NO2S/c1-4-2-10-3-5(7-4)6(8)9/h4-5,7H,2-3H2,1H3,(H,8,9)/t4-,5-/m0/s1. The van der Waals surface area contributed by atoms with Gasteiger partial charge in [-0.2, -0.15) is 11.8 Å². The Bertz CT molecular complexity index is 140. The summed E-state index contributed by atoms with van der Waals surface area (Å²) < 4.78 is 0. The largest absolute Gasteiger partial charge is 0.480 e. The quantitative estimate of drug-likeness (QED) is 0.575. The summed E-state index contributed by atoms with van der Waals surface area (Å²) >= 11 is 1.70. The van der Waals surface area contributed by atoms with E-state index < -0.39 is 5.97 Å². The first kappa shape index (κ1) is 7.88. The summed E-state index contributed by atoms with van der Waals surface area (Å²) in [5, 5.41) is 11.6. The SMILES string of the molecule is C[C@H]1CSC[C@@H](C(=O)O)N1. The van der Waals surface area contributed by atoms with Crippen LogP contribution < -0.4 is 5.32 Å². The van der Waals surface area contributed by atoms with Gasteiger partial charge in [-0.3, -0.25) is 4.79 Å². The highest BCUT2D eigenvalue weighted by Gasteiger charge is 2.23. The van der Waals surface area contributed by atoms with E-state index in [1.165, 1.54) is 0 Å². The number of rotatable bonds is 1. The Morgan fingerprint density at radius 1 is 1.70 bits per heavy atom. The van der Waals surface area contributed by atoms with Gasteiger partial charge < -0.3 is 10.4 Å². The first-order chi connectivity index (χ1) is 4.70. The Morgan fingerprint density at radius 2 is 2.40 bits per heavy atom. The fourth-order valence-corrected chi connectivity index (χ4v) is 2.01. The van der Waals surface area contributed by atoms with E-state index >= 15 is 0 Å². The lowest BCUT2D eigenvalue weighted by atomic mass is 10.3. The van der Waals surface area contributed by atoms with Gasteiger partial charge >= 0.3 is 5.97 Å². The highest BCUT2D eigenvalue weighted by molar-refractivity contribution is 7.99. The molecule has 1 rings (SSSR count). The molecule has 0 amide bonds. The average molecular weight is 161 g/mol. The minimum Gasteiger partial charge on any atom is -0.480 e. The molecule has 1 aliphatic heterocycles. The highest BCUT2D eigenvalue weighted by Crippen LogP contribution is 2.11. The third kappa shape index (κ3) is 1.88. The third-order valence-electron chi connectivity index (χ3n) is 1.44. The maximum absolute atomic E-state index is 10.4. The van der Waals surface area contributed by atoms with Crippen molar-refractivity contribution in [3.8, 4) is 0 Å².